The third kappa shape index (κ3) is 2.21. The first-order chi connectivity index (χ1) is 7.33. The molecule has 0 aliphatic carbocycles. The number of aromatic amines is 1. The smallest absolute Gasteiger partial charge is 0.0538 e. The lowest BCUT2D eigenvalue weighted by atomic mass is 10.0. The first-order valence-corrected chi connectivity index (χ1v) is 5.77. The molecule has 0 aromatic carbocycles. The SMILES string of the molecule is CCC(c1cn[nH]c1C)N1CCNCC1. The monoisotopic (exact) mass is 208 g/mol. The van der Waals surface area contributed by atoms with Crippen molar-refractivity contribution >= 4 is 0 Å². The van der Waals surface area contributed by atoms with E-state index in [1.54, 1.807) is 0 Å². The average molecular weight is 208 g/mol. The van der Waals surface area contributed by atoms with Crippen LogP contribution < -0.4 is 5.32 Å². The van der Waals surface area contributed by atoms with Crippen LogP contribution in [0.2, 0.25) is 0 Å². The van der Waals surface area contributed by atoms with Crippen LogP contribution in [0.5, 0.6) is 0 Å². The Balaban J connectivity index is 2.12. The highest BCUT2D eigenvalue weighted by Crippen LogP contribution is 2.25. The van der Waals surface area contributed by atoms with Gasteiger partial charge in [0.25, 0.3) is 0 Å². The summed E-state index contributed by atoms with van der Waals surface area (Å²) in [5, 5.41) is 10.5. The van der Waals surface area contributed by atoms with Gasteiger partial charge >= 0.3 is 0 Å². The molecule has 0 amide bonds. The number of rotatable bonds is 3. The number of nitrogens with one attached hydrogen (secondary N) is 2. The Kier molecular flexibility index (Phi) is 3.38. The van der Waals surface area contributed by atoms with Crippen LogP contribution in [0.25, 0.3) is 0 Å². The molecule has 4 nitrogen and oxygen atoms in total. The Bertz CT molecular complexity index is 301. The van der Waals surface area contributed by atoms with Gasteiger partial charge in [-0.25, -0.2) is 0 Å². The topological polar surface area (TPSA) is 44.0 Å². The van der Waals surface area contributed by atoms with Crippen LogP contribution >= 0.6 is 0 Å². The minimum atomic E-state index is 0.533. The first kappa shape index (κ1) is 10.6. The van der Waals surface area contributed by atoms with Crippen LogP contribution in [0.4, 0.5) is 0 Å². The highest BCUT2D eigenvalue weighted by Gasteiger charge is 2.22. The molecule has 1 aliphatic heterocycles. The summed E-state index contributed by atoms with van der Waals surface area (Å²) in [7, 11) is 0. The molecule has 2 heterocycles. The van der Waals surface area contributed by atoms with Crippen LogP contribution in [0, 0.1) is 6.92 Å². The molecule has 1 aromatic rings. The molecule has 84 valence electrons. The van der Waals surface area contributed by atoms with Crippen LogP contribution in [-0.4, -0.2) is 41.3 Å². The van der Waals surface area contributed by atoms with E-state index in [1.165, 1.54) is 11.3 Å². The van der Waals surface area contributed by atoms with Crippen molar-refractivity contribution in [3.8, 4) is 0 Å². The van der Waals surface area contributed by atoms with Gasteiger partial charge in [0.15, 0.2) is 0 Å². The maximum absolute atomic E-state index is 4.12. The summed E-state index contributed by atoms with van der Waals surface area (Å²) in [4.78, 5) is 2.55. The van der Waals surface area contributed by atoms with E-state index in [1.807, 2.05) is 6.20 Å². The van der Waals surface area contributed by atoms with Crippen molar-refractivity contribution in [1.82, 2.24) is 20.4 Å². The van der Waals surface area contributed by atoms with Crippen LogP contribution in [-0.2, 0) is 0 Å². The first-order valence-electron chi connectivity index (χ1n) is 5.77. The molecule has 1 saturated heterocycles. The molecule has 0 spiro atoms. The van der Waals surface area contributed by atoms with E-state index in [0.717, 1.165) is 32.6 Å². The fourth-order valence-corrected chi connectivity index (χ4v) is 2.36. The number of hydrogen-bond acceptors (Lipinski definition) is 3. The molecule has 0 bridgehead atoms. The molecule has 4 heteroatoms. The van der Waals surface area contributed by atoms with Gasteiger partial charge in [0.2, 0.25) is 0 Å². The third-order valence-electron chi connectivity index (χ3n) is 3.21. The zero-order valence-corrected chi connectivity index (χ0v) is 9.58. The van der Waals surface area contributed by atoms with E-state index in [-0.39, 0.29) is 0 Å². The van der Waals surface area contributed by atoms with E-state index in [0.29, 0.717) is 6.04 Å². The molecule has 1 aromatic heterocycles. The molecule has 1 unspecified atom stereocenters. The van der Waals surface area contributed by atoms with Crippen molar-refractivity contribution in [3.63, 3.8) is 0 Å². The second kappa shape index (κ2) is 4.77. The molecule has 0 saturated carbocycles. The van der Waals surface area contributed by atoms with E-state index >= 15 is 0 Å². The van der Waals surface area contributed by atoms with Crippen molar-refractivity contribution in [2.24, 2.45) is 0 Å². The van der Waals surface area contributed by atoms with Gasteiger partial charge in [0.05, 0.1) is 6.20 Å². The van der Waals surface area contributed by atoms with E-state index in [4.69, 9.17) is 0 Å². The highest BCUT2D eigenvalue weighted by molar-refractivity contribution is 5.19. The largest absolute Gasteiger partial charge is 0.314 e. The predicted molar refractivity (Wildman–Crippen MR) is 60.8 cm³/mol. The zero-order valence-electron chi connectivity index (χ0n) is 9.58. The lowest BCUT2D eigenvalue weighted by Gasteiger charge is -2.34. The Labute approximate surface area is 91.1 Å². The minimum Gasteiger partial charge on any atom is -0.314 e. The fraction of sp³-hybridized carbons (Fsp3) is 0.727. The number of hydrogen-bond donors (Lipinski definition) is 2. The van der Waals surface area contributed by atoms with Gasteiger partial charge in [-0.05, 0) is 13.3 Å². The Morgan fingerprint density at radius 2 is 2.20 bits per heavy atom. The summed E-state index contributed by atoms with van der Waals surface area (Å²) in [5.41, 5.74) is 2.57. The van der Waals surface area contributed by atoms with Gasteiger partial charge in [-0.3, -0.25) is 10.00 Å². The quantitative estimate of drug-likeness (QED) is 0.781. The van der Waals surface area contributed by atoms with Crippen molar-refractivity contribution in [2.75, 3.05) is 26.2 Å². The van der Waals surface area contributed by atoms with Crippen LogP contribution in [0.3, 0.4) is 0 Å². The third-order valence-corrected chi connectivity index (χ3v) is 3.21. The molecule has 0 radical (unpaired) electrons. The molecular weight excluding hydrogens is 188 g/mol. The summed E-state index contributed by atoms with van der Waals surface area (Å²) in [6, 6.07) is 0.533. The van der Waals surface area contributed by atoms with Gasteiger partial charge in [0, 0.05) is 43.5 Å². The van der Waals surface area contributed by atoms with Crippen molar-refractivity contribution in [1.29, 1.82) is 0 Å². The summed E-state index contributed by atoms with van der Waals surface area (Å²) in [6.45, 7) is 8.85. The van der Waals surface area contributed by atoms with E-state index in [9.17, 15) is 0 Å². The fourth-order valence-electron chi connectivity index (χ4n) is 2.36. The van der Waals surface area contributed by atoms with Crippen molar-refractivity contribution in [3.05, 3.63) is 17.5 Å². The predicted octanol–water partition coefficient (Wildman–Crippen LogP) is 1.07. The zero-order chi connectivity index (χ0) is 10.7. The number of piperazine rings is 1. The number of aromatic nitrogens is 2. The standard InChI is InChI=1S/C11H20N4/c1-3-11(10-8-13-14-9(10)2)15-6-4-12-5-7-15/h8,11-12H,3-7H2,1-2H3,(H,13,14). The van der Waals surface area contributed by atoms with Crippen LogP contribution in [0.1, 0.15) is 30.6 Å². The summed E-state index contributed by atoms with van der Waals surface area (Å²) in [5.74, 6) is 0. The average Bonchev–Trinajstić information content (AvgIpc) is 2.68. The van der Waals surface area contributed by atoms with Gasteiger partial charge < -0.3 is 5.32 Å². The van der Waals surface area contributed by atoms with Gasteiger partial charge in [-0.1, -0.05) is 6.92 Å². The molecular formula is C11H20N4. The molecule has 1 atom stereocenters. The minimum absolute atomic E-state index is 0.533. The Morgan fingerprint density at radius 1 is 1.47 bits per heavy atom. The second-order valence-electron chi connectivity index (χ2n) is 4.16. The summed E-state index contributed by atoms with van der Waals surface area (Å²) in [6.07, 6.45) is 3.13. The molecule has 2 rings (SSSR count). The molecule has 1 aliphatic rings. The van der Waals surface area contributed by atoms with Gasteiger partial charge in [-0.2, -0.15) is 5.10 Å². The lowest BCUT2D eigenvalue weighted by molar-refractivity contribution is 0.169. The summed E-state index contributed by atoms with van der Waals surface area (Å²) < 4.78 is 0. The van der Waals surface area contributed by atoms with Crippen molar-refractivity contribution in [2.45, 2.75) is 26.3 Å². The molecule has 1 fully saturated rings. The molecule has 15 heavy (non-hydrogen) atoms. The summed E-state index contributed by atoms with van der Waals surface area (Å²) >= 11 is 0. The second-order valence-corrected chi connectivity index (χ2v) is 4.16. The van der Waals surface area contributed by atoms with E-state index in [2.05, 4.69) is 34.3 Å². The van der Waals surface area contributed by atoms with E-state index < -0.39 is 0 Å². The van der Waals surface area contributed by atoms with Crippen molar-refractivity contribution < 1.29 is 0 Å². The Morgan fingerprint density at radius 3 is 2.73 bits per heavy atom. The highest BCUT2D eigenvalue weighted by atomic mass is 15.2. The lowest BCUT2D eigenvalue weighted by Crippen LogP contribution is -2.45. The number of nitrogens with zero attached hydrogens (tertiary/aromatic N) is 2. The maximum Gasteiger partial charge on any atom is 0.0538 e. The number of aryl methyl sites for hydroxylation is 1. The molecule has 2 N–H and O–H groups in total. The number of H-pyrrole nitrogens is 1. The van der Waals surface area contributed by atoms with Crippen LogP contribution in [0.15, 0.2) is 6.20 Å². The normalized spacial score (nSPS) is 20.4. The Hall–Kier alpha value is -0.870. The van der Waals surface area contributed by atoms with Gasteiger partial charge in [-0.15, -0.1) is 0 Å². The maximum atomic E-state index is 4.12. The van der Waals surface area contributed by atoms with Gasteiger partial charge in [0.1, 0.15) is 0 Å².